The quantitative estimate of drug-likeness (QED) is 0.151. The van der Waals surface area contributed by atoms with Gasteiger partial charge in [-0.3, -0.25) is 0 Å². The summed E-state index contributed by atoms with van der Waals surface area (Å²) in [5.74, 6) is 0. The second kappa shape index (κ2) is 15.6. The number of fused-ring (bicyclic) bond motifs is 15. The van der Waals surface area contributed by atoms with Gasteiger partial charge in [0.2, 0.25) is 0 Å². The largest absolute Gasteiger partial charge is 0.310 e. The van der Waals surface area contributed by atoms with E-state index in [0.29, 0.717) is 0 Å². The highest BCUT2D eigenvalue weighted by Gasteiger charge is 2.35. The van der Waals surface area contributed by atoms with Gasteiger partial charge in [-0.2, -0.15) is 0 Å². The maximum atomic E-state index is 2.44. The standard InChI is InChI=1S/C69H46N2S/c1-69(2)63-22-12-10-20-56(63)57-33-26-46(40-64(57)69)45-28-36-66-61(39-45)60-38-44(27-35-65(60)71(66)47-14-4-3-5-15-47)43-24-29-48(30-25-43)70(50-32-37-68-62(42-50)58-21-11-13-23-67(58)72-68)49-31-34-55-53-18-7-6-16-51(53)52-17-8-9-19-54(52)59(55)41-49/h3-42H,1-2H3. The lowest BCUT2D eigenvalue weighted by Gasteiger charge is -2.26. The summed E-state index contributed by atoms with van der Waals surface area (Å²) in [5, 5.41) is 12.7. The molecule has 0 amide bonds. The van der Waals surface area contributed by atoms with Crippen LogP contribution in [0.3, 0.4) is 0 Å². The molecule has 12 aromatic carbocycles. The number of hydrogen-bond donors (Lipinski definition) is 0. The van der Waals surface area contributed by atoms with E-state index in [9.17, 15) is 0 Å². The number of hydrogen-bond acceptors (Lipinski definition) is 2. The van der Waals surface area contributed by atoms with Crippen LogP contribution in [0.25, 0.3) is 113 Å². The van der Waals surface area contributed by atoms with Gasteiger partial charge in [0, 0.05) is 59.1 Å². The summed E-state index contributed by atoms with van der Waals surface area (Å²) in [6, 6.07) is 90.5. The van der Waals surface area contributed by atoms with E-state index < -0.39 is 0 Å². The molecule has 0 fully saturated rings. The fourth-order valence-electron chi connectivity index (χ4n) is 12.3. The van der Waals surface area contributed by atoms with Crippen molar-refractivity contribution in [1.82, 2.24) is 4.57 Å². The Morgan fingerprint density at radius 2 is 0.806 bits per heavy atom. The van der Waals surface area contributed by atoms with Crippen LogP contribution in [0.2, 0.25) is 0 Å². The van der Waals surface area contributed by atoms with E-state index in [0.717, 1.165) is 22.7 Å². The van der Waals surface area contributed by atoms with E-state index in [4.69, 9.17) is 0 Å². The highest BCUT2D eigenvalue weighted by Crippen LogP contribution is 2.50. The zero-order valence-electron chi connectivity index (χ0n) is 39.9. The van der Waals surface area contributed by atoms with Gasteiger partial charge in [-0.1, -0.05) is 166 Å². The molecule has 0 aliphatic heterocycles. The molecule has 2 heterocycles. The monoisotopic (exact) mass is 934 g/mol. The molecule has 3 heteroatoms. The first-order valence-corrected chi connectivity index (χ1v) is 25.8. The molecule has 0 saturated carbocycles. The molecule has 0 radical (unpaired) electrons. The van der Waals surface area contributed by atoms with Gasteiger partial charge >= 0.3 is 0 Å². The maximum Gasteiger partial charge on any atom is 0.0541 e. The van der Waals surface area contributed by atoms with Gasteiger partial charge in [0.15, 0.2) is 0 Å². The summed E-state index contributed by atoms with van der Waals surface area (Å²) in [4.78, 5) is 2.44. The summed E-state index contributed by atoms with van der Waals surface area (Å²) in [7, 11) is 0. The van der Waals surface area contributed by atoms with Crippen LogP contribution < -0.4 is 4.90 Å². The lowest BCUT2D eigenvalue weighted by atomic mass is 9.81. The summed E-state index contributed by atoms with van der Waals surface area (Å²) in [6.07, 6.45) is 0. The lowest BCUT2D eigenvalue weighted by molar-refractivity contribution is 0.660. The molecule has 1 aliphatic rings. The molecular formula is C69H46N2S. The SMILES string of the molecule is CC1(C)c2ccccc2-c2ccc(-c3ccc4c(c3)c3cc(-c5ccc(N(c6ccc7sc8ccccc8c7c6)c6ccc7c8ccccc8c8ccccc8c7c6)cc5)ccc3n4-c3ccccc3)cc21. The van der Waals surface area contributed by atoms with Gasteiger partial charge < -0.3 is 9.47 Å². The maximum absolute atomic E-state index is 2.44. The zero-order chi connectivity index (χ0) is 47.7. The fraction of sp³-hybridized carbons (Fsp3) is 0.0435. The van der Waals surface area contributed by atoms with Crippen LogP contribution in [0, 0.1) is 0 Å². The molecule has 72 heavy (non-hydrogen) atoms. The molecule has 14 aromatic rings. The first-order valence-electron chi connectivity index (χ1n) is 25.0. The molecule has 0 saturated heterocycles. The number of para-hydroxylation sites is 1. The first kappa shape index (κ1) is 41.1. The Morgan fingerprint density at radius 1 is 0.319 bits per heavy atom. The Kier molecular flexibility index (Phi) is 8.91. The van der Waals surface area contributed by atoms with E-state index in [1.165, 1.54) is 119 Å². The smallest absolute Gasteiger partial charge is 0.0541 e. The van der Waals surface area contributed by atoms with Crippen LogP contribution in [0.1, 0.15) is 25.0 Å². The van der Waals surface area contributed by atoms with Crippen LogP contribution in [0.15, 0.2) is 243 Å². The topological polar surface area (TPSA) is 8.17 Å². The van der Waals surface area contributed by atoms with Crippen LogP contribution in [-0.2, 0) is 5.41 Å². The third kappa shape index (κ3) is 6.14. The average molecular weight is 935 g/mol. The number of nitrogens with zero attached hydrogens (tertiary/aromatic N) is 2. The molecule has 0 unspecified atom stereocenters. The van der Waals surface area contributed by atoms with Crippen LogP contribution in [0.4, 0.5) is 17.1 Å². The molecule has 0 N–H and O–H groups in total. The Bertz CT molecular complexity index is 4500. The second-order valence-corrected chi connectivity index (χ2v) is 21.1. The van der Waals surface area contributed by atoms with Crippen LogP contribution >= 0.6 is 11.3 Å². The number of aromatic nitrogens is 1. The molecular weight excluding hydrogens is 889 g/mol. The summed E-state index contributed by atoms with van der Waals surface area (Å²) in [6.45, 7) is 4.73. The third-order valence-electron chi connectivity index (χ3n) is 15.8. The van der Waals surface area contributed by atoms with Gasteiger partial charge in [-0.15, -0.1) is 11.3 Å². The Labute approximate surface area is 421 Å². The van der Waals surface area contributed by atoms with E-state index in [2.05, 4.69) is 266 Å². The molecule has 2 nitrogen and oxygen atoms in total. The Hall–Kier alpha value is -8.76. The molecule has 338 valence electrons. The van der Waals surface area contributed by atoms with Gasteiger partial charge in [-0.25, -0.2) is 0 Å². The number of anilines is 3. The number of benzene rings is 12. The van der Waals surface area contributed by atoms with Gasteiger partial charge in [-0.05, 0) is 168 Å². The second-order valence-electron chi connectivity index (χ2n) is 20.0. The van der Waals surface area contributed by atoms with E-state index >= 15 is 0 Å². The Morgan fingerprint density at radius 3 is 1.51 bits per heavy atom. The molecule has 15 rings (SSSR count). The summed E-state index contributed by atoms with van der Waals surface area (Å²) >= 11 is 1.86. The van der Waals surface area contributed by atoms with Gasteiger partial charge in [0.1, 0.15) is 0 Å². The average Bonchev–Trinajstić information content (AvgIpc) is 4.05. The van der Waals surface area contributed by atoms with Crippen LogP contribution in [-0.4, -0.2) is 4.57 Å². The molecule has 0 bridgehead atoms. The van der Waals surface area contributed by atoms with Crippen molar-refractivity contribution in [2.45, 2.75) is 19.3 Å². The Balaban J connectivity index is 0.874. The number of thiophene rings is 1. The van der Waals surface area contributed by atoms with Crippen LogP contribution in [0.5, 0.6) is 0 Å². The highest BCUT2D eigenvalue weighted by molar-refractivity contribution is 7.25. The lowest BCUT2D eigenvalue weighted by Crippen LogP contribution is -2.14. The van der Waals surface area contributed by atoms with Crippen molar-refractivity contribution in [2.24, 2.45) is 0 Å². The predicted octanol–water partition coefficient (Wildman–Crippen LogP) is 19.7. The molecule has 0 atom stereocenters. The van der Waals surface area contributed by atoms with Crippen molar-refractivity contribution in [3.8, 4) is 39.1 Å². The van der Waals surface area contributed by atoms with Crippen molar-refractivity contribution >= 4 is 103 Å². The van der Waals surface area contributed by atoms with E-state index in [1.54, 1.807) is 0 Å². The summed E-state index contributed by atoms with van der Waals surface area (Å²) in [5.41, 5.74) is 17.1. The molecule has 1 aliphatic carbocycles. The first-order chi connectivity index (χ1) is 35.4. The number of rotatable bonds is 6. The third-order valence-corrected chi connectivity index (χ3v) is 16.9. The summed E-state index contributed by atoms with van der Waals surface area (Å²) < 4.78 is 5.03. The fourth-order valence-corrected chi connectivity index (χ4v) is 13.3. The molecule has 2 aromatic heterocycles. The van der Waals surface area contributed by atoms with Crippen molar-refractivity contribution in [2.75, 3.05) is 4.90 Å². The van der Waals surface area contributed by atoms with Gasteiger partial charge in [0.05, 0.1) is 11.0 Å². The van der Waals surface area contributed by atoms with Crippen molar-refractivity contribution in [3.05, 3.63) is 254 Å². The van der Waals surface area contributed by atoms with Crippen molar-refractivity contribution in [1.29, 1.82) is 0 Å². The highest BCUT2D eigenvalue weighted by atomic mass is 32.1. The zero-order valence-corrected chi connectivity index (χ0v) is 40.7. The van der Waals surface area contributed by atoms with E-state index in [1.807, 2.05) is 11.3 Å². The van der Waals surface area contributed by atoms with E-state index in [-0.39, 0.29) is 5.41 Å². The van der Waals surface area contributed by atoms with Crippen molar-refractivity contribution in [3.63, 3.8) is 0 Å². The minimum atomic E-state index is -0.0664. The predicted molar refractivity (Wildman–Crippen MR) is 309 cm³/mol. The molecule has 0 spiro atoms. The van der Waals surface area contributed by atoms with Crippen molar-refractivity contribution < 1.29 is 0 Å². The minimum absolute atomic E-state index is 0.0664. The van der Waals surface area contributed by atoms with Gasteiger partial charge in [0.25, 0.3) is 0 Å². The normalized spacial score (nSPS) is 13.0. The minimum Gasteiger partial charge on any atom is -0.310 e.